The van der Waals surface area contributed by atoms with Crippen LogP contribution in [0, 0.1) is 0 Å². The standard InChI is InChI=1S/C26H20N2O/c29-26(27-24-17-9-8-12-19(24)18-10-2-1-3-11-18)28-25-22-15-6-4-13-20(22)21-14-5-7-16-23(21)25/h1-17,25H,(H2,27,28,29). The van der Waals surface area contributed by atoms with Gasteiger partial charge in [-0.1, -0.05) is 97.1 Å². The van der Waals surface area contributed by atoms with Gasteiger partial charge in [0.05, 0.1) is 11.7 Å². The van der Waals surface area contributed by atoms with Crippen LogP contribution in [0.5, 0.6) is 0 Å². The lowest BCUT2D eigenvalue weighted by Gasteiger charge is -2.18. The van der Waals surface area contributed by atoms with E-state index < -0.39 is 0 Å². The maximum absolute atomic E-state index is 12.9. The Morgan fingerprint density at radius 3 is 1.76 bits per heavy atom. The van der Waals surface area contributed by atoms with Crippen molar-refractivity contribution in [1.29, 1.82) is 0 Å². The van der Waals surface area contributed by atoms with Crippen molar-refractivity contribution < 1.29 is 4.79 Å². The quantitative estimate of drug-likeness (QED) is 0.436. The second-order valence-corrected chi connectivity index (χ2v) is 7.12. The summed E-state index contributed by atoms with van der Waals surface area (Å²) in [7, 11) is 0. The summed E-state index contributed by atoms with van der Waals surface area (Å²) in [5.41, 5.74) is 7.46. The van der Waals surface area contributed by atoms with Crippen LogP contribution in [-0.2, 0) is 0 Å². The number of nitrogens with one attached hydrogen (secondary N) is 2. The van der Waals surface area contributed by atoms with Crippen LogP contribution < -0.4 is 10.6 Å². The summed E-state index contributed by atoms with van der Waals surface area (Å²) < 4.78 is 0. The molecule has 1 aliphatic carbocycles. The maximum Gasteiger partial charge on any atom is 0.320 e. The first-order valence-electron chi connectivity index (χ1n) is 9.71. The fourth-order valence-electron chi connectivity index (χ4n) is 4.06. The van der Waals surface area contributed by atoms with Crippen molar-refractivity contribution in [3.05, 3.63) is 114 Å². The van der Waals surface area contributed by atoms with E-state index in [9.17, 15) is 4.79 Å². The third kappa shape index (κ3) is 3.17. The highest BCUT2D eigenvalue weighted by atomic mass is 16.2. The van der Waals surface area contributed by atoms with Crippen molar-refractivity contribution in [1.82, 2.24) is 5.32 Å². The average molecular weight is 376 g/mol. The minimum absolute atomic E-state index is 0.161. The Morgan fingerprint density at radius 2 is 1.10 bits per heavy atom. The number of rotatable bonds is 3. The number of anilines is 1. The molecular weight excluding hydrogens is 356 g/mol. The zero-order chi connectivity index (χ0) is 19.6. The second-order valence-electron chi connectivity index (χ2n) is 7.12. The van der Waals surface area contributed by atoms with Crippen molar-refractivity contribution in [2.24, 2.45) is 0 Å². The lowest BCUT2D eigenvalue weighted by Crippen LogP contribution is -2.32. The number of urea groups is 1. The van der Waals surface area contributed by atoms with E-state index in [1.807, 2.05) is 78.9 Å². The molecule has 4 aromatic rings. The van der Waals surface area contributed by atoms with Gasteiger partial charge in [0.2, 0.25) is 0 Å². The van der Waals surface area contributed by atoms with Crippen LogP contribution in [0.15, 0.2) is 103 Å². The topological polar surface area (TPSA) is 41.1 Å². The molecule has 0 spiro atoms. The number of para-hydroxylation sites is 1. The van der Waals surface area contributed by atoms with Crippen molar-refractivity contribution in [2.75, 3.05) is 5.32 Å². The zero-order valence-electron chi connectivity index (χ0n) is 15.8. The Bertz CT molecular complexity index is 1140. The van der Waals surface area contributed by atoms with Crippen LogP contribution in [0.1, 0.15) is 17.2 Å². The van der Waals surface area contributed by atoms with Crippen LogP contribution in [0.25, 0.3) is 22.3 Å². The third-order valence-corrected chi connectivity index (χ3v) is 5.37. The molecule has 0 unspecified atom stereocenters. The molecule has 0 aliphatic heterocycles. The highest BCUT2D eigenvalue weighted by molar-refractivity contribution is 5.95. The average Bonchev–Trinajstić information content (AvgIpc) is 3.09. The third-order valence-electron chi connectivity index (χ3n) is 5.37. The molecule has 0 bridgehead atoms. The van der Waals surface area contributed by atoms with Gasteiger partial charge in [0.25, 0.3) is 0 Å². The minimum Gasteiger partial charge on any atom is -0.327 e. The van der Waals surface area contributed by atoms with Gasteiger partial charge in [-0.3, -0.25) is 0 Å². The fraction of sp³-hybridized carbons (Fsp3) is 0.0385. The van der Waals surface area contributed by atoms with Crippen LogP contribution in [0.2, 0.25) is 0 Å². The van der Waals surface area contributed by atoms with E-state index in [1.54, 1.807) is 0 Å². The SMILES string of the molecule is O=C(Nc1ccccc1-c1ccccc1)NC1c2ccccc2-c2ccccc21. The lowest BCUT2D eigenvalue weighted by molar-refractivity contribution is 0.250. The molecule has 0 fully saturated rings. The number of carbonyl (C=O) groups excluding carboxylic acids is 1. The summed E-state index contributed by atoms with van der Waals surface area (Å²) >= 11 is 0. The van der Waals surface area contributed by atoms with E-state index in [-0.39, 0.29) is 12.1 Å². The molecule has 4 aromatic carbocycles. The van der Waals surface area contributed by atoms with E-state index in [2.05, 4.69) is 34.9 Å². The van der Waals surface area contributed by atoms with Crippen LogP contribution >= 0.6 is 0 Å². The lowest BCUT2D eigenvalue weighted by atomic mass is 10.0. The highest BCUT2D eigenvalue weighted by Crippen LogP contribution is 2.43. The van der Waals surface area contributed by atoms with E-state index in [0.29, 0.717) is 0 Å². The molecule has 2 N–H and O–H groups in total. The summed E-state index contributed by atoms with van der Waals surface area (Å²) in [4.78, 5) is 12.9. The molecule has 3 heteroatoms. The molecule has 0 radical (unpaired) electrons. The van der Waals surface area contributed by atoms with E-state index in [0.717, 1.165) is 27.9 Å². The smallest absolute Gasteiger partial charge is 0.320 e. The molecule has 0 saturated carbocycles. The molecule has 1 aliphatic rings. The molecule has 140 valence electrons. The van der Waals surface area contributed by atoms with Gasteiger partial charge in [0.1, 0.15) is 0 Å². The number of carbonyl (C=O) groups is 1. The van der Waals surface area contributed by atoms with E-state index >= 15 is 0 Å². The van der Waals surface area contributed by atoms with Crippen LogP contribution in [-0.4, -0.2) is 6.03 Å². The Kier molecular flexibility index (Phi) is 4.34. The van der Waals surface area contributed by atoms with Gasteiger partial charge in [0, 0.05) is 5.56 Å². The fourth-order valence-corrected chi connectivity index (χ4v) is 4.06. The molecule has 3 nitrogen and oxygen atoms in total. The molecule has 2 amide bonds. The van der Waals surface area contributed by atoms with Gasteiger partial charge in [0.15, 0.2) is 0 Å². The summed E-state index contributed by atoms with van der Waals surface area (Å²) in [6.07, 6.45) is 0. The van der Waals surface area contributed by atoms with Crippen molar-refractivity contribution >= 4 is 11.7 Å². The summed E-state index contributed by atoms with van der Waals surface area (Å²) in [6, 6.07) is 34.0. The first-order valence-corrected chi connectivity index (χ1v) is 9.71. The Balaban J connectivity index is 1.43. The summed E-state index contributed by atoms with van der Waals surface area (Å²) in [5.74, 6) is 0. The van der Waals surface area contributed by atoms with Gasteiger partial charge < -0.3 is 10.6 Å². The number of hydrogen-bond acceptors (Lipinski definition) is 1. The molecule has 0 heterocycles. The van der Waals surface area contributed by atoms with Gasteiger partial charge in [-0.2, -0.15) is 0 Å². The molecular formula is C26H20N2O. The van der Waals surface area contributed by atoms with Gasteiger partial charge in [-0.05, 0) is 33.9 Å². The molecule has 0 saturated heterocycles. The van der Waals surface area contributed by atoms with Gasteiger partial charge in [-0.25, -0.2) is 4.79 Å². The van der Waals surface area contributed by atoms with Crippen molar-refractivity contribution in [2.45, 2.75) is 6.04 Å². The number of benzene rings is 4. The minimum atomic E-state index is -0.218. The Labute approximate surface area is 170 Å². The summed E-state index contributed by atoms with van der Waals surface area (Å²) in [6.45, 7) is 0. The maximum atomic E-state index is 12.9. The normalized spacial score (nSPS) is 12.1. The van der Waals surface area contributed by atoms with Gasteiger partial charge >= 0.3 is 6.03 Å². The zero-order valence-corrected chi connectivity index (χ0v) is 15.8. The number of fused-ring (bicyclic) bond motifs is 3. The van der Waals surface area contributed by atoms with E-state index in [4.69, 9.17) is 0 Å². The Hall–Kier alpha value is -3.85. The number of amides is 2. The number of hydrogen-bond donors (Lipinski definition) is 2. The predicted molar refractivity (Wildman–Crippen MR) is 118 cm³/mol. The molecule has 29 heavy (non-hydrogen) atoms. The highest BCUT2D eigenvalue weighted by Gasteiger charge is 2.29. The van der Waals surface area contributed by atoms with Crippen molar-refractivity contribution in [3.63, 3.8) is 0 Å². The first kappa shape index (κ1) is 17.3. The van der Waals surface area contributed by atoms with Crippen LogP contribution in [0.4, 0.5) is 10.5 Å². The summed E-state index contributed by atoms with van der Waals surface area (Å²) in [5, 5.41) is 6.22. The second kappa shape index (κ2) is 7.28. The molecule has 0 atom stereocenters. The monoisotopic (exact) mass is 376 g/mol. The molecule has 5 rings (SSSR count). The predicted octanol–water partition coefficient (Wildman–Crippen LogP) is 6.25. The largest absolute Gasteiger partial charge is 0.327 e. The van der Waals surface area contributed by atoms with Crippen molar-refractivity contribution in [3.8, 4) is 22.3 Å². The first-order chi connectivity index (χ1) is 14.3. The Morgan fingerprint density at radius 1 is 0.586 bits per heavy atom. The van der Waals surface area contributed by atoms with Gasteiger partial charge in [-0.15, -0.1) is 0 Å². The van der Waals surface area contributed by atoms with E-state index in [1.165, 1.54) is 11.1 Å². The molecule has 0 aromatic heterocycles. The van der Waals surface area contributed by atoms with Crippen LogP contribution in [0.3, 0.4) is 0 Å².